The van der Waals surface area contributed by atoms with E-state index in [1.807, 2.05) is 0 Å². The lowest BCUT2D eigenvalue weighted by Crippen LogP contribution is -2.10. The van der Waals surface area contributed by atoms with E-state index in [9.17, 15) is 14.9 Å². The maximum Gasteiger partial charge on any atom is 0.435 e. The van der Waals surface area contributed by atoms with Crippen molar-refractivity contribution in [2.45, 2.75) is 14.0 Å². The van der Waals surface area contributed by atoms with Gasteiger partial charge in [-0.25, -0.2) is 9.36 Å². The van der Waals surface area contributed by atoms with Crippen LogP contribution >= 0.6 is 0 Å². The fraction of sp³-hybridized carbons (Fsp3) is 0.333. The van der Waals surface area contributed by atoms with E-state index in [0.717, 1.165) is 4.57 Å². The first-order valence-electron chi connectivity index (χ1n) is 2.98. The van der Waals surface area contributed by atoms with Gasteiger partial charge in [0.2, 0.25) is 0 Å². The van der Waals surface area contributed by atoms with E-state index in [2.05, 4.69) is 4.98 Å². The molecule has 1 rings (SSSR count). The Kier molecular flexibility index (Phi) is 3.57. The molecule has 13 heavy (non-hydrogen) atoms. The molecule has 0 aromatic carbocycles. The number of carbonyl (C=O) groups is 1. The van der Waals surface area contributed by atoms with Crippen LogP contribution in [0.3, 0.4) is 0 Å². The van der Waals surface area contributed by atoms with Crippen molar-refractivity contribution in [2.75, 3.05) is 0 Å². The second kappa shape index (κ2) is 4.19. The van der Waals surface area contributed by atoms with Gasteiger partial charge in [0.05, 0.1) is 0 Å². The maximum atomic E-state index is 10.2. The lowest BCUT2D eigenvalue weighted by atomic mass is 10.6. The topological polar surface area (TPSA) is 98.3 Å². The summed E-state index contributed by atoms with van der Waals surface area (Å²) in [6, 6.07) is 0. The molecular formula is C6H9N3O4. The Bertz CT molecular complexity index is 319. The lowest BCUT2D eigenvalue weighted by Gasteiger charge is -1.95. The van der Waals surface area contributed by atoms with Crippen molar-refractivity contribution in [2.24, 2.45) is 0 Å². The molecule has 7 nitrogen and oxygen atoms in total. The standard InChI is InChI=1S/C5H5N3O4.CH4/c9-4(10)3-7-2-1-6-5(7)8(11)12;/h1-2H,3H2,(H,9,10);1H4. The van der Waals surface area contributed by atoms with Crippen molar-refractivity contribution >= 4 is 11.9 Å². The molecule has 1 N–H and O–H groups in total. The van der Waals surface area contributed by atoms with Crippen molar-refractivity contribution in [3.05, 3.63) is 22.5 Å². The molecule has 1 aromatic heterocycles. The van der Waals surface area contributed by atoms with Crippen LogP contribution in [0.25, 0.3) is 0 Å². The fourth-order valence-corrected chi connectivity index (χ4v) is 0.742. The van der Waals surface area contributed by atoms with Crippen molar-refractivity contribution in [3.63, 3.8) is 0 Å². The van der Waals surface area contributed by atoms with E-state index in [-0.39, 0.29) is 7.43 Å². The third-order valence-electron chi connectivity index (χ3n) is 1.16. The quantitative estimate of drug-likeness (QED) is 0.549. The molecule has 0 radical (unpaired) electrons. The van der Waals surface area contributed by atoms with Gasteiger partial charge in [-0.05, 0) is 4.92 Å². The van der Waals surface area contributed by atoms with Gasteiger partial charge >= 0.3 is 11.9 Å². The van der Waals surface area contributed by atoms with Gasteiger partial charge in [0.15, 0.2) is 6.54 Å². The van der Waals surface area contributed by atoms with Gasteiger partial charge in [0.25, 0.3) is 0 Å². The normalized spacial score (nSPS) is 8.92. The molecule has 0 amide bonds. The highest BCUT2D eigenvalue weighted by Gasteiger charge is 2.15. The molecule has 7 heteroatoms. The van der Waals surface area contributed by atoms with Crippen LogP contribution in [0.5, 0.6) is 0 Å². The second-order valence-corrected chi connectivity index (χ2v) is 2.01. The first kappa shape index (κ1) is 11.1. The molecule has 0 aliphatic rings. The first-order chi connectivity index (χ1) is 5.61. The molecule has 1 aromatic rings. The summed E-state index contributed by atoms with van der Waals surface area (Å²) < 4.78 is 0.947. The van der Waals surface area contributed by atoms with Crippen molar-refractivity contribution < 1.29 is 14.8 Å². The molecule has 72 valence electrons. The highest BCUT2D eigenvalue weighted by Crippen LogP contribution is 2.06. The van der Waals surface area contributed by atoms with Crippen molar-refractivity contribution in [3.8, 4) is 0 Å². The maximum absolute atomic E-state index is 10.2. The number of aliphatic carboxylic acids is 1. The molecule has 0 saturated heterocycles. The molecule has 0 unspecified atom stereocenters. The smallest absolute Gasteiger partial charge is 0.435 e. The molecule has 0 aliphatic carbocycles. The summed E-state index contributed by atoms with van der Waals surface area (Å²) in [5, 5.41) is 18.5. The number of aromatic nitrogens is 2. The Morgan fingerprint density at radius 2 is 2.38 bits per heavy atom. The minimum atomic E-state index is -1.14. The van der Waals surface area contributed by atoms with Gasteiger partial charge in [0.1, 0.15) is 12.4 Å². The minimum absolute atomic E-state index is 0. The Morgan fingerprint density at radius 1 is 1.77 bits per heavy atom. The van der Waals surface area contributed by atoms with Gasteiger partial charge in [-0.3, -0.25) is 0 Å². The summed E-state index contributed by atoms with van der Waals surface area (Å²) in [5.41, 5.74) is 0. The van der Waals surface area contributed by atoms with Crippen LogP contribution in [-0.2, 0) is 11.3 Å². The number of nitrogens with zero attached hydrogens (tertiary/aromatic N) is 3. The average molecular weight is 187 g/mol. The average Bonchev–Trinajstić information content (AvgIpc) is 2.33. The number of nitro groups is 1. The summed E-state index contributed by atoms with van der Waals surface area (Å²) in [6.07, 6.45) is 2.42. The molecular weight excluding hydrogens is 178 g/mol. The molecule has 0 saturated carbocycles. The van der Waals surface area contributed by atoms with Crippen LogP contribution in [-0.4, -0.2) is 25.6 Å². The van der Waals surface area contributed by atoms with Gasteiger partial charge in [-0.1, -0.05) is 12.4 Å². The van der Waals surface area contributed by atoms with Crippen LogP contribution in [0.2, 0.25) is 0 Å². The summed E-state index contributed by atoms with van der Waals surface area (Å²) in [5.74, 6) is -1.60. The largest absolute Gasteiger partial charge is 0.479 e. The Balaban J connectivity index is 0.00000144. The highest BCUT2D eigenvalue weighted by atomic mass is 16.6. The summed E-state index contributed by atoms with van der Waals surface area (Å²) in [7, 11) is 0. The molecule has 0 bridgehead atoms. The van der Waals surface area contributed by atoms with E-state index in [1.165, 1.54) is 12.4 Å². The number of rotatable bonds is 3. The number of imidazole rings is 1. The zero-order valence-electron chi connectivity index (χ0n) is 5.88. The molecule has 1 heterocycles. The summed E-state index contributed by atoms with van der Waals surface area (Å²) in [6.45, 7) is -0.448. The van der Waals surface area contributed by atoms with Crippen molar-refractivity contribution in [1.29, 1.82) is 0 Å². The highest BCUT2D eigenvalue weighted by molar-refractivity contribution is 5.66. The molecule has 0 aliphatic heterocycles. The number of hydrogen-bond donors (Lipinski definition) is 1. The first-order valence-corrected chi connectivity index (χ1v) is 2.98. The third-order valence-corrected chi connectivity index (χ3v) is 1.16. The Labute approximate surface area is 73.8 Å². The van der Waals surface area contributed by atoms with Gasteiger partial charge in [-0.2, -0.15) is 0 Å². The summed E-state index contributed by atoms with van der Waals surface area (Å²) in [4.78, 5) is 23.0. The fourth-order valence-electron chi connectivity index (χ4n) is 0.742. The predicted molar refractivity (Wildman–Crippen MR) is 43.2 cm³/mol. The van der Waals surface area contributed by atoms with Crippen LogP contribution < -0.4 is 0 Å². The monoisotopic (exact) mass is 187 g/mol. The minimum Gasteiger partial charge on any atom is -0.479 e. The van der Waals surface area contributed by atoms with Crippen LogP contribution in [0, 0.1) is 10.1 Å². The molecule has 0 spiro atoms. The zero-order valence-corrected chi connectivity index (χ0v) is 5.88. The van der Waals surface area contributed by atoms with E-state index < -0.39 is 23.4 Å². The van der Waals surface area contributed by atoms with Gasteiger partial charge in [0, 0.05) is 0 Å². The van der Waals surface area contributed by atoms with E-state index in [0.29, 0.717) is 0 Å². The predicted octanol–water partition coefficient (Wildman–Crippen LogP) is 0.512. The summed E-state index contributed by atoms with van der Waals surface area (Å²) >= 11 is 0. The van der Waals surface area contributed by atoms with Gasteiger partial charge in [-0.15, -0.1) is 0 Å². The van der Waals surface area contributed by atoms with Crippen molar-refractivity contribution in [1.82, 2.24) is 9.55 Å². The number of hydrogen-bond acceptors (Lipinski definition) is 4. The Morgan fingerprint density at radius 3 is 2.85 bits per heavy atom. The number of carboxylic acids is 1. The number of carboxylic acid groups (broad SMARTS) is 1. The third kappa shape index (κ3) is 2.55. The SMILES string of the molecule is C.O=C(O)Cn1ccnc1[N+](=O)[O-]. The van der Waals surface area contributed by atoms with E-state index >= 15 is 0 Å². The van der Waals surface area contributed by atoms with Gasteiger partial charge < -0.3 is 15.2 Å². The van der Waals surface area contributed by atoms with E-state index in [4.69, 9.17) is 5.11 Å². The lowest BCUT2D eigenvalue weighted by molar-refractivity contribution is -0.396. The van der Waals surface area contributed by atoms with Crippen LogP contribution in [0.4, 0.5) is 5.95 Å². The zero-order chi connectivity index (χ0) is 9.14. The molecule has 0 atom stereocenters. The van der Waals surface area contributed by atoms with Crippen LogP contribution in [0.1, 0.15) is 7.43 Å². The molecule has 0 fully saturated rings. The Hall–Kier alpha value is -1.92. The second-order valence-electron chi connectivity index (χ2n) is 2.01. The van der Waals surface area contributed by atoms with E-state index in [1.54, 1.807) is 0 Å². The van der Waals surface area contributed by atoms with Crippen LogP contribution in [0.15, 0.2) is 12.4 Å².